The van der Waals surface area contributed by atoms with E-state index in [4.69, 9.17) is 21.7 Å². The predicted molar refractivity (Wildman–Crippen MR) is 65.8 cm³/mol. The Morgan fingerprint density at radius 2 is 1.94 bits per heavy atom. The van der Waals surface area contributed by atoms with Gasteiger partial charge in [-0.05, 0) is 24.3 Å². The summed E-state index contributed by atoms with van der Waals surface area (Å²) in [6.07, 6.45) is 1.69. The SMILES string of the molecule is S=c1ccnc(-c2ccc3c(c2)OCCO3)[nH]1. The molecule has 1 N–H and O–H groups in total. The van der Waals surface area contributed by atoms with Crippen molar-refractivity contribution in [3.63, 3.8) is 0 Å². The minimum absolute atomic E-state index is 0.578. The van der Waals surface area contributed by atoms with E-state index in [2.05, 4.69) is 9.97 Å². The van der Waals surface area contributed by atoms with Gasteiger partial charge in [-0.3, -0.25) is 0 Å². The van der Waals surface area contributed by atoms with Gasteiger partial charge in [0.15, 0.2) is 11.5 Å². The molecular weight excluding hydrogens is 236 g/mol. The number of ether oxygens (including phenoxy) is 2. The van der Waals surface area contributed by atoms with E-state index >= 15 is 0 Å². The van der Waals surface area contributed by atoms with Gasteiger partial charge in [-0.15, -0.1) is 0 Å². The van der Waals surface area contributed by atoms with Crippen LogP contribution in [0.2, 0.25) is 0 Å². The summed E-state index contributed by atoms with van der Waals surface area (Å²) in [4.78, 5) is 7.28. The average molecular weight is 246 g/mol. The minimum Gasteiger partial charge on any atom is -0.486 e. The molecule has 1 aromatic heterocycles. The Balaban J connectivity index is 2.07. The molecular formula is C12H10N2O2S. The van der Waals surface area contributed by atoms with Crippen LogP contribution in [0.1, 0.15) is 0 Å². The average Bonchev–Trinajstić information content (AvgIpc) is 2.38. The molecule has 1 aromatic carbocycles. The first-order chi connectivity index (χ1) is 8.33. The fourth-order valence-corrected chi connectivity index (χ4v) is 1.87. The third kappa shape index (κ3) is 2.01. The molecule has 2 aromatic rings. The molecule has 4 nitrogen and oxygen atoms in total. The largest absolute Gasteiger partial charge is 0.486 e. The van der Waals surface area contributed by atoms with Crippen molar-refractivity contribution in [1.29, 1.82) is 0 Å². The highest BCUT2D eigenvalue weighted by molar-refractivity contribution is 7.71. The van der Waals surface area contributed by atoms with Crippen LogP contribution >= 0.6 is 12.2 Å². The van der Waals surface area contributed by atoms with Gasteiger partial charge in [-0.2, -0.15) is 0 Å². The number of aromatic nitrogens is 2. The second kappa shape index (κ2) is 4.18. The maximum absolute atomic E-state index is 5.52. The van der Waals surface area contributed by atoms with Gasteiger partial charge in [-0.1, -0.05) is 12.2 Å². The third-order valence-electron chi connectivity index (χ3n) is 2.49. The molecule has 0 bridgehead atoms. The Kier molecular flexibility index (Phi) is 2.53. The van der Waals surface area contributed by atoms with Gasteiger partial charge < -0.3 is 14.5 Å². The minimum atomic E-state index is 0.578. The molecule has 1 aliphatic heterocycles. The molecule has 0 fully saturated rings. The van der Waals surface area contributed by atoms with Crippen LogP contribution in [-0.4, -0.2) is 23.2 Å². The van der Waals surface area contributed by atoms with Crippen molar-refractivity contribution in [2.24, 2.45) is 0 Å². The van der Waals surface area contributed by atoms with Crippen molar-refractivity contribution in [2.45, 2.75) is 0 Å². The molecule has 17 heavy (non-hydrogen) atoms. The summed E-state index contributed by atoms with van der Waals surface area (Å²) < 4.78 is 11.6. The Morgan fingerprint density at radius 1 is 1.12 bits per heavy atom. The number of hydrogen-bond acceptors (Lipinski definition) is 4. The van der Waals surface area contributed by atoms with Gasteiger partial charge in [0.2, 0.25) is 0 Å². The zero-order valence-electron chi connectivity index (χ0n) is 8.97. The molecule has 1 aliphatic rings. The molecule has 2 heterocycles. The summed E-state index contributed by atoms with van der Waals surface area (Å²) in [5.41, 5.74) is 0.931. The first-order valence-corrected chi connectivity index (χ1v) is 5.69. The number of H-pyrrole nitrogens is 1. The highest BCUT2D eigenvalue weighted by Gasteiger charge is 2.12. The predicted octanol–water partition coefficient (Wildman–Crippen LogP) is 2.58. The lowest BCUT2D eigenvalue weighted by Crippen LogP contribution is -2.15. The summed E-state index contributed by atoms with van der Waals surface area (Å²) >= 11 is 5.07. The van der Waals surface area contributed by atoms with Crippen LogP contribution in [0.4, 0.5) is 0 Å². The van der Waals surface area contributed by atoms with E-state index in [1.807, 2.05) is 18.2 Å². The smallest absolute Gasteiger partial charge is 0.162 e. The van der Waals surface area contributed by atoms with Crippen LogP contribution in [-0.2, 0) is 0 Å². The number of nitrogens with one attached hydrogen (secondary N) is 1. The normalized spacial score (nSPS) is 13.4. The van der Waals surface area contributed by atoms with E-state index < -0.39 is 0 Å². The molecule has 0 saturated heterocycles. The Morgan fingerprint density at radius 3 is 2.76 bits per heavy atom. The van der Waals surface area contributed by atoms with Gasteiger partial charge >= 0.3 is 0 Å². The van der Waals surface area contributed by atoms with Gasteiger partial charge in [0.1, 0.15) is 23.7 Å². The lowest BCUT2D eigenvalue weighted by atomic mass is 10.2. The Labute approximate surface area is 103 Å². The molecule has 3 rings (SSSR count). The monoisotopic (exact) mass is 246 g/mol. The van der Waals surface area contributed by atoms with Gasteiger partial charge in [0, 0.05) is 11.8 Å². The van der Waals surface area contributed by atoms with Crippen LogP contribution in [0.15, 0.2) is 30.5 Å². The summed E-state index contributed by atoms with van der Waals surface area (Å²) in [7, 11) is 0. The second-order valence-corrected chi connectivity index (χ2v) is 4.08. The molecule has 0 unspecified atom stereocenters. The quantitative estimate of drug-likeness (QED) is 0.786. The van der Waals surface area contributed by atoms with E-state index in [0.717, 1.165) is 22.9 Å². The van der Waals surface area contributed by atoms with Gasteiger partial charge in [-0.25, -0.2) is 4.98 Å². The molecule has 0 amide bonds. The van der Waals surface area contributed by atoms with Crippen molar-refractivity contribution in [2.75, 3.05) is 13.2 Å². The summed E-state index contributed by atoms with van der Waals surface area (Å²) in [6.45, 7) is 1.17. The van der Waals surface area contributed by atoms with E-state index in [9.17, 15) is 0 Å². The summed E-state index contributed by atoms with van der Waals surface area (Å²) in [5.74, 6) is 2.25. The molecule has 0 atom stereocenters. The highest BCUT2D eigenvalue weighted by Crippen LogP contribution is 2.33. The third-order valence-corrected chi connectivity index (χ3v) is 2.72. The van der Waals surface area contributed by atoms with E-state index in [1.165, 1.54) is 0 Å². The van der Waals surface area contributed by atoms with Crippen molar-refractivity contribution >= 4 is 12.2 Å². The number of nitrogens with zero attached hydrogens (tertiary/aromatic N) is 1. The fourth-order valence-electron chi connectivity index (χ4n) is 1.71. The lowest BCUT2D eigenvalue weighted by Gasteiger charge is -2.18. The van der Waals surface area contributed by atoms with Crippen LogP contribution in [0, 0.1) is 4.64 Å². The zero-order chi connectivity index (χ0) is 11.7. The summed E-state index contributed by atoms with van der Waals surface area (Å²) in [6, 6.07) is 7.47. The Hall–Kier alpha value is -1.88. The number of benzene rings is 1. The van der Waals surface area contributed by atoms with Crippen molar-refractivity contribution in [3.8, 4) is 22.9 Å². The number of aromatic amines is 1. The van der Waals surface area contributed by atoms with Crippen LogP contribution in [0.3, 0.4) is 0 Å². The van der Waals surface area contributed by atoms with E-state index in [1.54, 1.807) is 12.3 Å². The standard InChI is InChI=1S/C12H10N2O2S/c17-11-3-4-13-12(14-11)8-1-2-9-10(7-8)16-6-5-15-9/h1-4,7H,5-6H2,(H,13,14,17). The zero-order valence-corrected chi connectivity index (χ0v) is 9.79. The molecule has 0 spiro atoms. The van der Waals surface area contributed by atoms with Crippen LogP contribution in [0.25, 0.3) is 11.4 Å². The van der Waals surface area contributed by atoms with Crippen LogP contribution in [0.5, 0.6) is 11.5 Å². The van der Waals surface area contributed by atoms with Crippen molar-refractivity contribution in [3.05, 3.63) is 35.1 Å². The molecule has 0 radical (unpaired) electrons. The number of hydrogen-bond donors (Lipinski definition) is 1. The first-order valence-electron chi connectivity index (χ1n) is 5.28. The fraction of sp³-hybridized carbons (Fsp3) is 0.167. The molecule has 5 heteroatoms. The van der Waals surface area contributed by atoms with Gasteiger partial charge in [0.25, 0.3) is 0 Å². The first kappa shape index (κ1) is 10.3. The van der Waals surface area contributed by atoms with Gasteiger partial charge in [0.05, 0.1) is 0 Å². The Bertz CT molecular complexity index is 609. The summed E-state index contributed by atoms with van der Waals surface area (Å²) in [5, 5.41) is 0. The maximum Gasteiger partial charge on any atom is 0.162 e. The molecule has 0 saturated carbocycles. The number of fused-ring (bicyclic) bond motifs is 1. The highest BCUT2D eigenvalue weighted by atomic mass is 32.1. The second-order valence-electron chi connectivity index (χ2n) is 3.64. The number of rotatable bonds is 1. The molecule has 86 valence electrons. The van der Waals surface area contributed by atoms with Crippen molar-refractivity contribution in [1.82, 2.24) is 9.97 Å². The van der Waals surface area contributed by atoms with Crippen LogP contribution < -0.4 is 9.47 Å². The van der Waals surface area contributed by atoms with E-state index in [0.29, 0.717) is 17.9 Å². The maximum atomic E-state index is 5.52. The molecule has 0 aliphatic carbocycles. The topological polar surface area (TPSA) is 47.1 Å². The van der Waals surface area contributed by atoms with Crippen molar-refractivity contribution < 1.29 is 9.47 Å². The van der Waals surface area contributed by atoms with E-state index in [-0.39, 0.29) is 0 Å². The lowest BCUT2D eigenvalue weighted by molar-refractivity contribution is 0.171.